The fraction of sp³-hybridized carbons (Fsp3) is 0.0909. The molecule has 5 nitrogen and oxygen atoms in total. The van der Waals surface area contributed by atoms with Crippen molar-refractivity contribution < 1.29 is 4.74 Å². The molecule has 3 N–H and O–H groups in total. The van der Waals surface area contributed by atoms with Crippen molar-refractivity contribution in [1.29, 1.82) is 0 Å². The molecule has 2 aromatic rings. The molecule has 0 fully saturated rings. The van der Waals surface area contributed by atoms with Crippen LogP contribution in [0, 0.1) is 6.92 Å². The van der Waals surface area contributed by atoms with Crippen LogP contribution < -0.4 is 16.0 Å². The summed E-state index contributed by atoms with van der Waals surface area (Å²) in [6, 6.07) is 6.09. The third-order valence-corrected chi connectivity index (χ3v) is 2.30. The minimum absolute atomic E-state index is 0.193. The van der Waals surface area contributed by atoms with Gasteiger partial charge in [-0.3, -0.25) is 4.79 Å². The number of aryl methyl sites for hydroxylation is 1. The summed E-state index contributed by atoms with van der Waals surface area (Å²) < 4.78 is 5.41. The van der Waals surface area contributed by atoms with Crippen LogP contribution in [0.25, 0.3) is 0 Å². The van der Waals surface area contributed by atoms with Crippen molar-refractivity contribution in [2.75, 3.05) is 5.73 Å². The van der Waals surface area contributed by atoms with Crippen molar-refractivity contribution in [3.63, 3.8) is 0 Å². The van der Waals surface area contributed by atoms with Crippen LogP contribution in [0.1, 0.15) is 5.82 Å². The second-order valence-electron chi connectivity index (χ2n) is 3.46. The third kappa shape index (κ3) is 2.76. The molecule has 0 spiro atoms. The van der Waals surface area contributed by atoms with Gasteiger partial charge in [0.15, 0.2) is 0 Å². The molecule has 2 rings (SSSR count). The fourth-order valence-electron chi connectivity index (χ4n) is 1.32. The summed E-state index contributed by atoms with van der Waals surface area (Å²) in [7, 11) is 0. The van der Waals surface area contributed by atoms with E-state index in [1.807, 2.05) is 0 Å². The first kappa shape index (κ1) is 11.5. The standard InChI is InChI=1S/C11H10ClN3O2/c1-6-14-10(16)5-11(15-6)17-9-3-2-7(13)4-8(9)12/h2-5H,13H2,1H3,(H,14,15,16). The Bertz CT molecular complexity index is 610. The number of rotatable bonds is 2. The zero-order valence-corrected chi connectivity index (χ0v) is 9.78. The number of benzene rings is 1. The van der Waals surface area contributed by atoms with E-state index in [0.717, 1.165) is 0 Å². The second-order valence-corrected chi connectivity index (χ2v) is 3.87. The average molecular weight is 252 g/mol. The Balaban J connectivity index is 2.34. The molecular formula is C11H10ClN3O2. The number of nitrogens with zero attached hydrogens (tertiary/aromatic N) is 1. The Hall–Kier alpha value is -2.01. The van der Waals surface area contributed by atoms with Crippen LogP contribution in [0.15, 0.2) is 29.1 Å². The lowest BCUT2D eigenvalue weighted by atomic mass is 10.3. The number of hydrogen-bond acceptors (Lipinski definition) is 4. The lowest BCUT2D eigenvalue weighted by Gasteiger charge is -2.07. The molecule has 0 unspecified atom stereocenters. The highest BCUT2D eigenvalue weighted by atomic mass is 35.5. The van der Waals surface area contributed by atoms with Gasteiger partial charge in [0, 0.05) is 5.69 Å². The highest BCUT2D eigenvalue weighted by Crippen LogP contribution is 2.29. The van der Waals surface area contributed by atoms with Crippen molar-refractivity contribution in [3.05, 3.63) is 45.5 Å². The molecule has 0 saturated carbocycles. The fourth-order valence-corrected chi connectivity index (χ4v) is 1.54. The molecule has 0 radical (unpaired) electrons. The molecule has 1 aromatic heterocycles. The van der Waals surface area contributed by atoms with Crippen LogP contribution in [0.4, 0.5) is 5.69 Å². The summed E-state index contributed by atoms with van der Waals surface area (Å²) in [4.78, 5) is 17.8. The van der Waals surface area contributed by atoms with Crippen molar-refractivity contribution in [2.24, 2.45) is 0 Å². The number of nitrogens with one attached hydrogen (secondary N) is 1. The zero-order chi connectivity index (χ0) is 12.4. The van der Waals surface area contributed by atoms with Gasteiger partial charge in [-0.15, -0.1) is 0 Å². The van der Waals surface area contributed by atoms with Gasteiger partial charge in [0.1, 0.15) is 11.6 Å². The molecule has 1 heterocycles. The molecule has 88 valence electrons. The summed E-state index contributed by atoms with van der Waals surface area (Å²) in [6.45, 7) is 1.67. The lowest BCUT2D eigenvalue weighted by Crippen LogP contribution is -2.08. The number of ether oxygens (including phenoxy) is 1. The van der Waals surface area contributed by atoms with Gasteiger partial charge in [0.2, 0.25) is 5.88 Å². The average Bonchev–Trinajstić information content (AvgIpc) is 2.21. The van der Waals surface area contributed by atoms with E-state index in [1.54, 1.807) is 25.1 Å². The number of H-pyrrole nitrogens is 1. The van der Waals surface area contributed by atoms with E-state index < -0.39 is 0 Å². The maximum absolute atomic E-state index is 11.2. The highest BCUT2D eigenvalue weighted by Gasteiger charge is 2.05. The monoisotopic (exact) mass is 251 g/mol. The van der Waals surface area contributed by atoms with Crippen LogP contribution in [-0.4, -0.2) is 9.97 Å². The molecule has 17 heavy (non-hydrogen) atoms. The molecular weight excluding hydrogens is 242 g/mol. The number of hydrogen-bond donors (Lipinski definition) is 2. The summed E-state index contributed by atoms with van der Waals surface area (Å²) in [5.74, 6) is 1.07. The molecule has 0 aliphatic heterocycles. The van der Waals surface area contributed by atoms with Gasteiger partial charge in [-0.2, -0.15) is 0 Å². The van der Waals surface area contributed by atoms with Crippen LogP contribution in [-0.2, 0) is 0 Å². The second kappa shape index (κ2) is 4.47. The number of halogens is 1. The van der Waals surface area contributed by atoms with E-state index >= 15 is 0 Å². The SMILES string of the molecule is Cc1nc(Oc2ccc(N)cc2Cl)cc(=O)[nH]1. The number of nitrogens with two attached hydrogens (primary N) is 1. The first-order chi connectivity index (χ1) is 8.04. The Kier molecular flexibility index (Phi) is 3.01. The summed E-state index contributed by atoms with van der Waals surface area (Å²) in [5.41, 5.74) is 5.82. The number of aromatic amines is 1. The van der Waals surface area contributed by atoms with Gasteiger partial charge in [-0.05, 0) is 25.1 Å². The van der Waals surface area contributed by atoms with Gasteiger partial charge in [0.05, 0.1) is 11.1 Å². The Labute approximate surface area is 102 Å². The minimum Gasteiger partial charge on any atom is -0.437 e. The van der Waals surface area contributed by atoms with Crippen molar-refractivity contribution in [2.45, 2.75) is 6.92 Å². The maximum Gasteiger partial charge on any atom is 0.254 e. The molecule has 6 heteroatoms. The minimum atomic E-state index is -0.279. The lowest BCUT2D eigenvalue weighted by molar-refractivity contribution is 0.459. The van der Waals surface area contributed by atoms with E-state index in [2.05, 4.69) is 9.97 Å². The molecule has 0 amide bonds. The highest BCUT2D eigenvalue weighted by molar-refractivity contribution is 6.32. The topological polar surface area (TPSA) is 81.0 Å². The van der Waals surface area contributed by atoms with Gasteiger partial charge < -0.3 is 15.5 Å². The van der Waals surface area contributed by atoms with E-state index in [-0.39, 0.29) is 11.4 Å². The molecule has 0 atom stereocenters. The largest absolute Gasteiger partial charge is 0.437 e. The third-order valence-electron chi connectivity index (χ3n) is 2.01. The number of aromatic nitrogens is 2. The maximum atomic E-state index is 11.2. The van der Waals surface area contributed by atoms with Gasteiger partial charge in [0.25, 0.3) is 5.56 Å². The quantitative estimate of drug-likeness (QED) is 0.801. The first-order valence-electron chi connectivity index (χ1n) is 4.85. The smallest absolute Gasteiger partial charge is 0.254 e. The zero-order valence-electron chi connectivity index (χ0n) is 9.03. The van der Waals surface area contributed by atoms with Crippen LogP contribution in [0.5, 0.6) is 11.6 Å². The van der Waals surface area contributed by atoms with Gasteiger partial charge >= 0.3 is 0 Å². The molecule has 0 bridgehead atoms. The Morgan fingerprint density at radius 2 is 2.18 bits per heavy atom. The Morgan fingerprint density at radius 3 is 2.82 bits per heavy atom. The Morgan fingerprint density at radius 1 is 1.41 bits per heavy atom. The predicted octanol–water partition coefficient (Wildman–Crippen LogP) is 2.11. The number of anilines is 1. The summed E-state index contributed by atoms with van der Waals surface area (Å²) >= 11 is 5.94. The van der Waals surface area contributed by atoms with Gasteiger partial charge in [-0.25, -0.2) is 4.98 Å². The first-order valence-corrected chi connectivity index (χ1v) is 5.23. The van der Waals surface area contributed by atoms with E-state index in [1.165, 1.54) is 6.07 Å². The van der Waals surface area contributed by atoms with Crippen LogP contribution in [0.2, 0.25) is 5.02 Å². The van der Waals surface area contributed by atoms with E-state index in [4.69, 9.17) is 22.1 Å². The van der Waals surface area contributed by atoms with E-state index in [0.29, 0.717) is 22.3 Å². The molecule has 0 saturated heterocycles. The van der Waals surface area contributed by atoms with Crippen molar-refractivity contribution in [3.8, 4) is 11.6 Å². The molecule has 0 aliphatic carbocycles. The summed E-state index contributed by atoms with van der Waals surface area (Å²) in [5, 5.41) is 0.365. The van der Waals surface area contributed by atoms with Crippen molar-refractivity contribution >= 4 is 17.3 Å². The van der Waals surface area contributed by atoms with Gasteiger partial charge in [-0.1, -0.05) is 11.6 Å². The van der Waals surface area contributed by atoms with Crippen LogP contribution in [0.3, 0.4) is 0 Å². The van der Waals surface area contributed by atoms with Crippen LogP contribution >= 0.6 is 11.6 Å². The number of nitrogen functional groups attached to an aromatic ring is 1. The summed E-state index contributed by atoms with van der Waals surface area (Å²) in [6.07, 6.45) is 0. The van der Waals surface area contributed by atoms with Crippen molar-refractivity contribution in [1.82, 2.24) is 9.97 Å². The molecule has 1 aromatic carbocycles. The van der Waals surface area contributed by atoms with E-state index in [9.17, 15) is 4.79 Å². The predicted molar refractivity (Wildman–Crippen MR) is 65.5 cm³/mol. The normalized spacial score (nSPS) is 10.2. The molecule has 0 aliphatic rings.